The highest BCUT2D eigenvalue weighted by Gasteiger charge is 2.45. The number of β-amino-alcohol motifs (C(OH)–C–C–N with tert-alkyl or cyclic N) is 1. The van der Waals surface area contributed by atoms with Gasteiger partial charge in [0.1, 0.15) is 10.6 Å². The number of aliphatic hydroxyl groups is 1. The van der Waals surface area contributed by atoms with Gasteiger partial charge in [-0.25, -0.2) is 9.78 Å². The Kier molecular flexibility index (Phi) is 5.05. The van der Waals surface area contributed by atoms with Crippen molar-refractivity contribution in [2.45, 2.75) is 18.7 Å². The van der Waals surface area contributed by atoms with Gasteiger partial charge in [0.2, 0.25) is 0 Å². The van der Waals surface area contributed by atoms with Gasteiger partial charge in [-0.15, -0.1) is 11.3 Å². The fourth-order valence-electron chi connectivity index (χ4n) is 3.62. The van der Waals surface area contributed by atoms with Crippen molar-refractivity contribution < 1.29 is 9.90 Å². The molecular weight excluding hydrogens is 372 g/mol. The Morgan fingerprint density at radius 2 is 2.00 bits per heavy atom. The molecule has 2 heterocycles. The van der Waals surface area contributed by atoms with E-state index >= 15 is 0 Å². The molecule has 3 aromatic rings. The van der Waals surface area contributed by atoms with E-state index in [9.17, 15) is 9.90 Å². The molecule has 2 aromatic carbocycles. The standard InChI is InChI=1S/C21H24N4O2S/c1-24(2)11-16-12-28-19(23-16)10-22-20(26)25-13-21(27,14-25)18-9-5-7-15-6-3-4-8-17(15)18/h3-9,12,27H,10-11,13-14H2,1-2H3,(H,22,26). The molecule has 28 heavy (non-hydrogen) atoms. The first-order chi connectivity index (χ1) is 13.4. The third-order valence-electron chi connectivity index (χ3n) is 4.95. The molecule has 0 unspecified atom stereocenters. The number of rotatable bonds is 5. The highest BCUT2D eigenvalue weighted by molar-refractivity contribution is 7.09. The van der Waals surface area contributed by atoms with Crippen molar-refractivity contribution in [2.75, 3.05) is 27.2 Å². The topological polar surface area (TPSA) is 68.7 Å². The SMILES string of the molecule is CN(C)Cc1csc(CNC(=O)N2CC(O)(c3cccc4ccccc34)C2)n1. The largest absolute Gasteiger partial charge is 0.381 e. The Balaban J connectivity index is 1.36. The lowest BCUT2D eigenvalue weighted by Crippen LogP contribution is -2.63. The van der Waals surface area contributed by atoms with Crippen LogP contribution < -0.4 is 5.32 Å². The van der Waals surface area contributed by atoms with Crippen LogP contribution >= 0.6 is 11.3 Å². The maximum atomic E-state index is 12.4. The quantitative estimate of drug-likeness (QED) is 0.696. The molecule has 1 aliphatic rings. The minimum Gasteiger partial charge on any atom is -0.381 e. The lowest BCUT2D eigenvalue weighted by molar-refractivity contribution is -0.0805. The van der Waals surface area contributed by atoms with Crippen LogP contribution in [0.1, 0.15) is 16.3 Å². The second-order valence-electron chi connectivity index (χ2n) is 7.54. The van der Waals surface area contributed by atoms with Gasteiger partial charge in [0, 0.05) is 11.9 Å². The predicted molar refractivity (Wildman–Crippen MR) is 111 cm³/mol. The van der Waals surface area contributed by atoms with Gasteiger partial charge in [-0.1, -0.05) is 42.5 Å². The molecule has 0 radical (unpaired) electrons. The van der Waals surface area contributed by atoms with Crippen LogP contribution in [-0.4, -0.2) is 53.1 Å². The number of likely N-dealkylation sites (tertiary alicyclic amines) is 1. The van der Waals surface area contributed by atoms with Gasteiger partial charge in [0.25, 0.3) is 0 Å². The molecule has 2 amide bonds. The van der Waals surface area contributed by atoms with E-state index in [1.54, 1.807) is 16.2 Å². The minimum atomic E-state index is -1.00. The Hall–Kier alpha value is -2.48. The van der Waals surface area contributed by atoms with Crippen LogP contribution in [0.2, 0.25) is 0 Å². The van der Waals surface area contributed by atoms with Crippen molar-refractivity contribution in [1.82, 2.24) is 20.1 Å². The van der Waals surface area contributed by atoms with E-state index in [2.05, 4.69) is 15.2 Å². The van der Waals surface area contributed by atoms with Crippen LogP contribution in [0.4, 0.5) is 4.79 Å². The summed E-state index contributed by atoms with van der Waals surface area (Å²) >= 11 is 1.55. The van der Waals surface area contributed by atoms with Crippen LogP contribution in [0.5, 0.6) is 0 Å². The molecule has 2 N–H and O–H groups in total. The lowest BCUT2D eigenvalue weighted by atomic mass is 9.83. The van der Waals surface area contributed by atoms with Gasteiger partial charge >= 0.3 is 6.03 Å². The monoisotopic (exact) mass is 396 g/mol. The summed E-state index contributed by atoms with van der Waals surface area (Å²) in [5.74, 6) is 0. The van der Waals surface area contributed by atoms with Crippen LogP contribution in [0.3, 0.4) is 0 Å². The molecule has 0 aliphatic carbocycles. The van der Waals surface area contributed by atoms with Crippen molar-refractivity contribution in [3.63, 3.8) is 0 Å². The number of amides is 2. The summed E-state index contributed by atoms with van der Waals surface area (Å²) in [6.45, 7) is 1.77. The fourth-order valence-corrected chi connectivity index (χ4v) is 4.34. The maximum Gasteiger partial charge on any atom is 0.317 e. The summed E-state index contributed by atoms with van der Waals surface area (Å²) in [5, 5.41) is 19.0. The van der Waals surface area contributed by atoms with Crippen molar-refractivity contribution in [3.05, 3.63) is 64.1 Å². The third kappa shape index (κ3) is 3.73. The summed E-state index contributed by atoms with van der Waals surface area (Å²) in [6.07, 6.45) is 0. The van der Waals surface area contributed by atoms with Crippen LogP contribution in [0.25, 0.3) is 10.8 Å². The molecule has 1 fully saturated rings. The van der Waals surface area contributed by atoms with Gasteiger partial charge in [-0.3, -0.25) is 0 Å². The Bertz CT molecular complexity index is 989. The molecule has 1 saturated heterocycles. The number of nitrogens with one attached hydrogen (secondary N) is 1. The van der Waals surface area contributed by atoms with Gasteiger partial charge in [0.15, 0.2) is 0 Å². The average molecular weight is 397 g/mol. The van der Waals surface area contributed by atoms with Crippen molar-refractivity contribution in [1.29, 1.82) is 0 Å². The predicted octanol–water partition coefficient (Wildman–Crippen LogP) is 2.77. The summed E-state index contributed by atoms with van der Waals surface area (Å²) in [4.78, 5) is 20.7. The first-order valence-corrected chi connectivity index (χ1v) is 10.1. The van der Waals surface area contributed by atoms with E-state index in [0.29, 0.717) is 6.54 Å². The number of benzene rings is 2. The van der Waals surface area contributed by atoms with E-state index < -0.39 is 5.60 Å². The second-order valence-corrected chi connectivity index (χ2v) is 8.49. The molecule has 146 valence electrons. The van der Waals surface area contributed by atoms with Crippen molar-refractivity contribution in [2.24, 2.45) is 0 Å². The highest BCUT2D eigenvalue weighted by Crippen LogP contribution is 2.36. The van der Waals surface area contributed by atoms with Gasteiger partial charge < -0.3 is 20.2 Å². The molecule has 6 nitrogen and oxygen atoms in total. The molecule has 4 rings (SSSR count). The number of carbonyl (C=O) groups excluding carboxylic acids is 1. The van der Waals surface area contributed by atoms with E-state index in [0.717, 1.165) is 33.6 Å². The molecule has 0 bridgehead atoms. The molecule has 1 aromatic heterocycles. The first-order valence-electron chi connectivity index (χ1n) is 9.26. The van der Waals surface area contributed by atoms with Crippen LogP contribution in [-0.2, 0) is 18.7 Å². The maximum absolute atomic E-state index is 12.4. The molecule has 7 heteroatoms. The number of fused-ring (bicyclic) bond motifs is 1. The number of nitrogens with zero attached hydrogens (tertiary/aromatic N) is 3. The second kappa shape index (κ2) is 7.50. The Morgan fingerprint density at radius 1 is 1.25 bits per heavy atom. The number of hydrogen-bond donors (Lipinski definition) is 2. The molecule has 0 atom stereocenters. The van der Waals surface area contributed by atoms with Crippen molar-refractivity contribution >= 4 is 28.1 Å². The van der Waals surface area contributed by atoms with E-state index in [4.69, 9.17) is 0 Å². The molecule has 0 saturated carbocycles. The number of thiazole rings is 1. The lowest BCUT2D eigenvalue weighted by Gasteiger charge is -2.46. The Labute approximate surface area is 168 Å². The zero-order valence-electron chi connectivity index (χ0n) is 16.1. The van der Waals surface area contributed by atoms with Gasteiger partial charge in [-0.2, -0.15) is 0 Å². The smallest absolute Gasteiger partial charge is 0.317 e. The summed E-state index contributed by atoms with van der Waals surface area (Å²) in [6, 6.07) is 13.8. The Morgan fingerprint density at radius 3 is 2.79 bits per heavy atom. The average Bonchev–Trinajstić information content (AvgIpc) is 3.09. The van der Waals surface area contributed by atoms with Crippen molar-refractivity contribution in [3.8, 4) is 0 Å². The number of aromatic nitrogens is 1. The number of urea groups is 1. The van der Waals surface area contributed by atoms with E-state index in [-0.39, 0.29) is 19.1 Å². The summed E-state index contributed by atoms with van der Waals surface area (Å²) in [5.41, 5.74) is 0.884. The van der Waals surface area contributed by atoms with Gasteiger partial charge in [-0.05, 0) is 30.4 Å². The first kappa shape index (κ1) is 18.9. The van der Waals surface area contributed by atoms with Crippen LogP contribution in [0, 0.1) is 0 Å². The number of hydrogen-bond acceptors (Lipinski definition) is 5. The molecule has 0 spiro atoms. The van der Waals surface area contributed by atoms with Crippen LogP contribution in [0.15, 0.2) is 47.8 Å². The summed E-state index contributed by atoms with van der Waals surface area (Å²) in [7, 11) is 4.00. The minimum absolute atomic E-state index is 0.172. The zero-order chi connectivity index (χ0) is 19.7. The number of carbonyl (C=O) groups is 1. The van der Waals surface area contributed by atoms with Gasteiger partial charge in [0.05, 0.1) is 25.3 Å². The third-order valence-corrected chi connectivity index (χ3v) is 5.85. The fraction of sp³-hybridized carbons (Fsp3) is 0.333. The summed E-state index contributed by atoms with van der Waals surface area (Å²) < 4.78 is 0. The molecular formula is C21H24N4O2S. The highest BCUT2D eigenvalue weighted by atomic mass is 32.1. The van der Waals surface area contributed by atoms with E-state index in [1.807, 2.05) is 61.9 Å². The normalized spacial score (nSPS) is 15.6. The zero-order valence-corrected chi connectivity index (χ0v) is 16.9. The molecule has 1 aliphatic heterocycles. The van der Waals surface area contributed by atoms with E-state index in [1.165, 1.54) is 0 Å².